The number of ether oxygens (including phenoxy) is 1. The number of amides is 1. The van der Waals surface area contributed by atoms with Crippen molar-refractivity contribution in [2.75, 3.05) is 37.7 Å². The van der Waals surface area contributed by atoms with E-state index in [2.05, 4.69) is 35.6 Å². The molecule has 38 heavy (non-hydrogen) atoms. The number of piperazine rings is 1. The van der Waals surface area contributed by atoms with Crippen LogP contribution in [0.4, 0.5) is 5.69 Å². The molecule has 1 heterocycles. The minimum atomic E-state index is -4.03. The second kappa shape index (κ2) is 12.2. The SMILES string of the molecule is CCOc1ccc(S(=O)(=O)N[C@@H](Cc2ccccc2)C(=O)N2CCN(c3cccc(C)c3C)CC2)cc1Cl. The Morgan fingerprint density at radius 1 is 1.00 bits per heavy atom. The van der Waals surface area contributed by atoms with E-state index in [-0.39, 0.29) is 22.2 Å². The lowest BCUT2D eigenvalue weighted by molar-refractivity contribution is -0.133. The summed E-state index contributed by atoms with van der Waals surface area (Å²) in [6.07, 6.45) is 0.237. The Morgan fingerprint density at radius 3 is 2.37 bits per heavy atom. The van der Waals surface area contributed by atoms with Gasteiger partial charge in [-0.1, -0.05) is 54.1 Å². The third-order valence-corrected chi connectivity index (χ3v) is 8.66. The van der Waals surface area contributed by atoms with Gasteiger partial charge >= 0.3 is 0 Å². The number of sulfonamides is 1. The van der Waals surface area contributed by atoms with E-state index < -0.39 is 16.1 Å². The van der Waals surface area contributed by atoms with Gasteiger partial charge in [0.25, 0.3) is 0 Å². The number of rotatable bonds is 9. The highest BCUT2D eigenvalue weighted by atomic mass is 35.5. The summed E-state index contributed by atoms with van der Waals surface area (Å²) in [5, 5.41) is 0.197. The smallest absolute Gasteiger partial charge is 0.241 e. The van der Waals surface area contributed by atoms with Crippen LogP contribution in [0.3, 0.4) is 0 Å². The van der Waals surface area contributed by atoms with Crippen molar-refractivity contribution in [1.82, 2.24) is 9.62 Å². The van der Waals surface area contributed by atoms with Crippen molar-refractivity contribution in [2.45, 2.75) is 38.1 Å². The van der Waals surface area contributed by atoms with Crippen molar-refractivity contribution in [3.8, 4) is 5.75 Å². The molecule has 0 bridgehead atoms. The molecule has 1 fully saturated rings. The lowest BCUT2D eigenvalue weighted by Gasteiger charge is -2.38. The summed E-state index contributed by atoms with van der Waals surface area (Å²) in [7, 11) is -4.03. The van der Waals surface area contributed by atoms with Crippen molar-refractivity contribution in [3.63, 3.8) is 0 Å². The molecule has 1 aliphatic heterocycles. The number of hydrogen-bond acceptors (Lipinski definition) is 5. The van der Waals surface area contributed by atoms with Gasteiger partial charge in [0, 0.05) is 31.9 Å². The molecule has 3 aromatic rings. The largest absolute Gasteiger partial charge is 0.492 e. The van der Waals surface area contributed by atoms with Crippen molar-refractivity contribution < 1.29 is 17.9 Å². The first-order chi connectivity index (χ1) is 18.2. The van der Waals surface area contributed by atoms with Crippen LogP contribution in [0, 0.1) is 13.8 Å². The summed E-state index contributed by atoms with van der Waals surface area (Å²) in [6, 6.07) is 19.0. The summed E-state index contributed by atoms with van der Waals surface area (Å²) in [5.41, 5.74) is 4.50. The van der Waals surface area contributed by atoms with Gasteiger partial charge in [0.05, 0.1) is 16.5 Å². The summed E-state index contributed by atoms with van der Waals surface area (Å²) >= 11 is 6.25. The van der Waals surface area contributed by atoms with Crippen LogP contribution in [-0.2, 0) is 21.2 Å². The van der Waals surface area contributed by atoms with E-state index in [1.165, 1.54) is 35.0 Å². The second-order valence-electron chi connectivity index (χ2n) is 9.42. The van der Waals surface area contributed by atoms with Gasteiger partial charge in [0.2, 0.25) is 15.9 Å². The highest BCUT2D eigenvalue weighted by Gasteiger charge is 2.32. The molecule has 0 radical (unpaired) electrons. The number of hydrogen-bond donors (Lipinski definition) is 1. The molecule has 202 valence electrons. The van der Waals surface area contributed by atoms with Gasteiger partial charge < -0.3 is 14.5 Å². The fraction of sp³-hybridized carbons (Fsp3) is 0.345. The summed E-state index contributed by atoms with van der Waals surface area (Å²) in [4.78, 5) is 17.7. The number of benzene rings is 3. The first-order valence-electron chi connectivity index (χ1n) is 12.8. The molecule has 0 spiro atoms. The predicted octanol–water partition coefficient (Wildman–Crippen LogP) is 4.59. The van der Waals surface area contributed by atoms with E-state index in [0.29, 0.717) is 38.5 Å². The Balaban J connectivity index is 1.53. The lowest BCUT2D eigenvalue weighted by Crippen LogP contribution is -2.55. The van der Waals surface area contributed by atoms with Crippen molar-refractivity contribution >= 4 is 33.2 Å². The molecule has 1 amide bonds. The van der Waals surface area contributed by atoms with Crippen LogP contribution in [-0.4, -0.2) is 58.1 Å². The van der Waals surface area contributed by atoms with E-state index in [4.69, 9.17) is 16.3 Å². The topological polar surface area (TPSA) is 78.9 Å². The molecular formula is C29H34ClN3O4S. The molecule has 1 atom stereocenters. The van der Waals surface area contributed by atoms with Gasteiger partial charge in [-0.15, -0.1) is 0 Å². The van der Waals surface area contributed by atoms with E-state index in [1.54, 1.807) is 4.90 Å². The van der Waals surface area contributed by atoms with Crippen LogP contribution in [0.1, 0.15) is 23.6 Å². The Labute approximate surface area is 230 Å². The van der Waals surface area contributed by atoms with Crippen LogP contribution >= 0.6 is 11.6 Å². The quantitative estimate of drug-likeness (QED) is 0.418. The van der Waals surface area contributed by atoms with Crippen LogP contribution in [0.5, 0.6) is 5.75 Å². The van der Waals surface area contributed by atoms with Crippen LogP contribution < -0.4 is 14.4 Å². The maximum atomic E-state index is 13.7. The molecule has 9 heteroatoms. The van der Waals surface area contributed by atoms with Crippen LogP contribution in [0.2, 0.25) is 5.02 Å². The minimum Gasteiger partial charge on any atom is -0.492 e. The van der Waals surface area contributed by atoms with Gasteiger partial charge in [0.1, 0.15) is 11.8 Å². The van der Waals surface area contributed by atoms with Gasteiger partial charge in [-0.05, 0) is 68.1 Å². The van der Waals surface area contributed by atoms with Crippen LogP contribution in [0.15, 0.2) is 71.6 Å². The zero-order chi connectivity index (χ0) is 27.3. The molecule has 0 aromatic heterocycles. The number of carbonyl (C=O) groups excluding carboxylic acids is 1. The average molecular weight is 556 g/mol. The Kier molecular flexibility index (Phi) is 8.97. The Bertz CT molecular complexity index is 1370. The summed E-state index contributed by atoms with van der Waals surface area (Å²) < 4.78 is 34.8. The third kappa shape index (κ3) is 6.49. The van der Waals surface area contributed by atoms with E-state index >= 15 is 0 Å². The van der Waals surface area contributed by atoms with Gasteiger partial charge in [-0.25, -0.2) is 8.42 Å². The fourth-order valence-electron chi connectivity index (χ4n) is 4.67. The summed E-state index contributed by atoms with van der Waals surface area (Å²) in [6.45, 7) is 8.81. The second-order valence-corrected chi connectivity index (χ2v) is 11.5. The number of aryl methyl sites for hydroxylation is 1. The molecular weight excluding hydrogens is 522 g/mol. The fourth-order valence-corrected chi connectivity index (χ4v) is 6.19. The van der Waals surface area contributed by atoms with E-state index in [1.807, 2.05) is 43.3 Å². The molecule has 1 aliphatic rings. The molecule has 7 nitrogen and oxygen atoms in total. The zero-order valence-electron chi connectivity index (χ0n) is 22.0. The highest BCUT2D eigenvalue weighted by Crippen LogP contribution is 2.28. The zero-order valence-corrected chi connectivity index (χ0v) is 23.6. The van der Waals surface area contributed by atoms with Crippen LogP contribution in [0.25, 0.3) is 0 Å². The molecule has 0 aliphatic carbocycles. The van der Waals surface area contributed by atoms with Gasteiger partial charge in [0.15, 0.2) is 0 Å². The first kappa shape index (κ1) is 28.0. The molecule has 3 aromatic carbocycles. The normalized spacial score (nSPS) is 14.8. The first-order valence-corrected chi connectivity index (χ1v) is 14.6. The van der Waals surface area contributed by atoms with Crippen molar-refractivity contribution in [1.29, 1.82) is 0 Å². The van der Waals surface area contributed by atoms with E-state index in [9.17, 15) is 13.2 Å². The molecule has 1 saturated heterocycles. The lowest BCUT2D eigenvalue weighted by atomic mass is 10.0. The number of nitrogens with one attached hydrogen (secondary N) is 1. The maximum absolute atomic E-state index is 13.7. The Morgan fingerprint density at radius 2 is 1.71 bits per heavy atom. The highest BCUT2D eigenvalue weighted by molar-refractivity contribution is 7.89. The number of nitrogens with zero attached hydrogens (tertiary/aromatic N) is 2. The molecule has 0 saturated carbocycles. The molecule has 1 N–H and O–H groups in total. The van der Waals surface area contributed by atoms with Crippen molar-refractivity contribution in [2.24, 2.45) is 0 Å². The standard InChI is InChI=1S/C29H34ClN3O4S/c1-4-37-28-14-13-24(20-25(28)30)38(35,36)31-26(19-23-10-6-5-7-11-23)29(34)33-17-15-32(16-18-33)27-12-8-9-21(2)22(27)3/h5-14,20,26,31H,4,15-19H2,1-3H3/t26-/m0/s1. The van der Waals surface area contributed by atoms with Crippen molar-refractivity contribution in [3.05, 3.63) is 88.4 Å². The third-order valence-electron chi connectivity index (χ3n) is 6.90. The molecule has 0 unspecified atom stereocenters. The monoisotopic (exact) mass is 555 g/mol. The number of carbonyl (C=O) groups is 1. The summed E-state index contributed by atoms with van der Waals surface area (Å²) in [5.74, 6) is 0.168. The van der Waals surface area contributed by atoms with Gasteiger partial charge in [-0.2, -0.15) is 4.72 Å². The van der Waals surface area contributed by atoms with E-state index in [0.717, 1.165) is 5.56 Å². The van der Waals surface area contributed by atoms with Gasteiger partial charge in [-0.3, -0.25) is 4.79 Å². The predicted molar refractivity (Wildman–Crippen MR) is 152 cm³/mol. The average Bonchev–Trinajstić information content (AvgIpc) is 2.91. The molecule has 4 rings (SSSR count). The minimum absolute atomic E-state index is 0.0171. The number of anilines is 1. The Hall–Kier alpha value is -3.07. The number of halogens is 1. The maximum Gasteiger partial charge on any atom is 0.241 e.